The molecule has 4 aromatic rings. The minimum Gasteiger partial charge on any atom is -0.383 e. The number of anilines is 1. The number of hydrogen-bond acceptors (Lipinski definition) is 5. The first-order valence-corrected chi connectivity index (χ1v) is 10.1. The summed E-state index contributed by atoms with van der Waals surface area (Å²) in [7, 11) is 0. The van der Waals surface area contributed by atoms with Gasteiger partial charge in [-0.2, -0.15) is 5.10 Å². The minimum absolute atomic E-state index is 0.453. The lowest BCUT2D eigenvalue weighted by molar-refractivity contribution is 0.453. The van der Waals surface area contributed by atoms with Gasteiger partial charge in [0, 0.05) is 51.1 Å². The van der Waals surface area contributed by atoms with Crippen molar-refractivity contribution in [3.8, 4) is 22.4 Å². The van der Waals surface area contributed by atoms with Crippen LogP contribution >= 0.6 is 11.6 Å². The summed E-state index contributed by atoms with van der Waals surface area (Å²) in [5.41, 5.74) is 11.0. The molecular formula is C22H21ClN6. The van der Waals surface area contributed by atoms with Gasteiger partial charge in [0.1, 0.15) is 5.82 Å². The maximum absolute atomic E-state index is 6.28. The molecule has 1 saturated heterocycles. The SMILES string of the molecule is Nc1ncc(-c2cn[nH]c2C2CCNCC2)cc1-c1cc2cccc(Cl)c2cn1. The molecule has 4 N–H and O–H groups in total. The van der Waals surface area contributed by atoms with Crippen molar-refractivity contribution >= 4 is 28.2 Å². The molecule has 5 rings (SSSR count). The summed E-state index contributed by atoms with van der Waals surface area (Å²) in [6, 6.07) is 9.87. The number of nitrogens with two attached hydrogens (primary N) is 1. The Morgan fingerprint density at radius 1 is 1.00 bits per heavy atom. The van der Waals surface area contributed by atoms with Crippen LogP contribution in [0, 0.1) is 0 Å². The number of nitrogens with one attached hydrogen (secondary N) is 2. The van der Waals surface area contributed by atoms with Crippen LogP contribution in [-0.4, -0.2) is 33.3 Å². The third-order valence-electron chi connectivity index (χ3n) is 5.63. The Hall–Kier alpha value is -2.96. The first-order valence-electron chi connectivity index (χ1n) is 9.75. The fourth-order valence-electron chi connectivity index (χ4n) is 4.06. The quantitative estimate of drug-likeness (QED) is 0.471. The lowest BCUT2D eigenvalue weighted by Crippen LogP contribution is -2.27. The molecule has 4 heterocycles. The van der Waals surface area contributed by atoms with Gasteiger partial charge in [-0.3, -0.25) is 10.1 Å². The highest BCUT2D eigenvalue weighted by Crippen LogP contribution is 2.35. The number of hydrogen-bond donors (Lipinski definition) is 3. The van der Waals surface area contributed by atoms with E-state index in [-0.39, 0.29) is 0 Å². The Kier molecular flexibility index (Phi) is 4.66. The average Bonchev–Trinajstić information content (AvgIpc) is 3.25. The van der Waals surface area contributed by atoms with Crippen molar-refractivity contribution in [3.63, 3.8) is 0 Å². The van der Waals surface area contributed by atoms with Crippen molar-refractivity contribution in [1.82, 2.24) is 25.5 Å². The van der Waals surface area contributed by atoms with Crippen LogP contribution in [0.3, 0.4) is 0 Å². The van der Waals surface area contributed by atoms with Crippen molar-refractivity contribution < 1.29 is 0 Å². The number of H-pyrrole nitrogens is 1. The van der Waals surface area contributed by atoms with Crippen LogP contribution in [0.1, 0.15) is 24.5 Å². The number of fused-ring (bicyclic) bond motifs is 1. The average molecular weight is 405 g/mol. The van der Waals surface area contributed by atoms with Gasteiger partial charge in [0.2, 0.25) is 0 Å². The maximum Gasteiger partial charge on any atom is 0.132 e. The largest absolute Gasteiger partial charge is 0.383 e. The summed E-state index contributed by atoms with van der Waals surface area (Å²) in [5.74, 6) is 0.922. The second kappa shape index (κ2) is 7.46. The van der Waals surface area contributed by atoms with Crippen LogP contribution < -0.4 is 11.1 Å². The molecule has 0 saturated carbocycles. The van der Waals surface area contributed by atoms with Gasteiger partial charge in [-0.05, 0) is 49.5 Å². The van der Waals surface area contributed by atoms with Crippen LogP contribution in [0.15, 0.2) is 48.9 Å². The van der Waals surface area contributed by atoms with E-state index in [9.17, 15) is 0 Å². The molecule has 0 aliphatic carbocycles. The molecule has 0 radical (unpaired) electrons. The van der Waals surface area contributed by atoms with Crippen LogP contribution in [0.4, 0.5) is 5.82 Å². The number of rotatable bonds is 3. The van der Waals surface area contributed by atoms with Crippen molar-refractivity contribution in [1.29, 1.82) is 0 Å². The highest BCUT2D eigenvalue weighted by atomic mass is 35.5. The van der Waals surface area contributed by atoms with Gasteiger partial charge >= 0.3 is 0 Å². The summed E-state index contributed by atoms with van der Waals surface area (Å²) in [6.07, 6.45) is 7.67. The van der Waals surface area contributed by atoms with E-state index in [4.69, 9.17) is 17.3 Å². The molecule has 7 heteroatoms. The zero-order valence-electron chi connectivity index (χ0n) is 15.8. The van der Waals surface area contributed by atoms with E-state index in [0.717, 1.165) is 59.1 Å². The van der Waals surface area contributed by atoms with Crippen molar-refractivity contribution in [2.24, 2.45) is 0 Å². The van der Waals surface area contributed by atoms with Crippen LogP contribution in [0.2, 0.25) is 5.02 Å². The first kappa shape index (κ1) is 18.1. The molecule has 1 aliphatic heterocycles. The molecule has 6 nitrogen and oxygen atoms in total. The molecule has 146 valence electrons. The van der Waals surface area contributed by atoms with Gasteiger partial charge in [-0.15, -0.1) is 0 Å². The van der Waals surface area contributed by atoms with E-state index in [1.165, 1.54) is 5.69 Å². The predicted molar refractivity (Wildman–Crippen MR) is 117 cm³/mol. The van der Waals surface area contributed by atoms with Crippen LogP contribution in [-0.2, 0) is 0 Å². The molecule has 0 atom stereocenters. The van der Waals surface area contributed by atoms with Crippen LogP contribution in [0.25, 0.3) is 33.2 Å². The molecule has 1 aliphatic rings. The number of aromatic amines is 1. The van der Waals surface area contributed by atoms with E-state index in [1.807, 2.05) is 36.7 Å². The molecular weight excluding hydrogens is 384 g/mol. The summed E-state index contributed by atoms with van der Waals surface area (Å²) in [6.45, 7) is 2.05. The number of benzene rings is 1. The molecule has 0 unspecified atom stereocenters. The second-order valence-corrected chi connectivity index (χ2v) is 7.82. The van der Waals surface area contributed by atoms with Gasteiger partial charge < -0.3 is 11.1 Å². The second-order valence-electron chi connectivity index (χ2n) is 7.41. The predicted octanol–water partition coefficient (Wildman–Crippen LogP) is 4.39. The zero-order valence-corrected chi connectivity index (χ0v) is 16.6. The molecule has 0 spiro atoms. The number of nitrogens with zero attached hydrogens (tertiary/aromatic N) is 3. The minimum atomic E-state index is 0.453. The van der Waals surface area contributed by atoms with E-state index in [2.05, 4.69) is 31.5 Å². The van der Waals surface area contributed by atoms with Gasteiger partial charge in [0.25, 0.3) is 0 Å². The number of aromatic nitrogens is 4. The Bertz CT molecular complexity index is 1180. The molecule has 0 amide bonds. The summed E-state index contributed by atoms with van der Waals surface area (Å²) < 4.78 is 0. The first-order chi connectivity index (χ1) is 14.2. The molecule has 3 aromatic heterocycles. The van der Waals surface area contributed by atoms with E-state index < -0.39 is 0 Å². The Balaban J connectivity index is 1.58. The summed E-state index contributed by atoms with van der Waals surface area (Å²) in [4.78, 5) is 9.05. The highest BCUT2D eigenvalue weighted by molar-refractivity contribution is 6.35. The normalized spacial score (nSPS) is 15.1. The third-order valence-corrected chi connectivity index (χ3v) is 5.96. The zero-order chi connectivity index (χ0) is 19.8. The lowest BCUT2D eigenvalue weighted by Gasteiger charge is -2.22. The monoisotopic (exact) mass is 404 g/mol. The number of pyridine rings is 2. The topological polar surface area (TPSA) is 92.5 Å². The summed E-state index contributed by atoms with van der Waals surface area (Å²) >= 11 is 6.28. The number of halogens is 1. The number of nitrogen functional groups attached to an aromatic ring is 1. The van der Waals surface area contributed by atoms with Gasteiger partial charge in [0.05, 0.1) is 11.9 Å². The third kappa shape index (κ3) is 3.34. The Morgan fingerprint density at radius 3 is 2.72 bits per heavy atom. The van der Waals surface area contributed by atoms with Crippen molar-refractivity contribution in [2.45, 2.75) is 18.8 Å². The number of piperidine rings is 1. The van der Waals surface area contributed by atoms with Crippen molar-refractivity contribution in [3.05, 3.63) is 59.6 Å². The molecule has 29 heavy (non-hydrogen) atoms. The Morgan fingerprint density at radius 2 is 1.86 bits per heavy atom. The Labute approximate surface area is 173 Å². The van der Waals surface area contributed by atoms with Gasteiger partial charge in [-0.25, -0.2) is 4.98 Å². The summed E-state index contributed by atoms with van der Waals surface area (Å²) in [5, 5.41) is 13.6. The lowest BCUT2D eigenvalue weighted by atomic mass is 9.90. The fourth-order valence-corrected chi connectivity index (χ4v) is 4.29. The maximum atomic E-state index is 6.28. The van der Waals surface area contributed by atoms with Gasteiger partial charge in [-0.1, -0.05) is 23.7 Å². The van der Waals surface area contributed by atoms with E-state index in [1.54, 1.807) is 6.20 Å². The molecule has 1 fully saturated rings. The van der Waals surface area contributed by atoms with E-state index in [0.29, 0.717) is 16.8 Å². The van der Waals surface area contributed by atoms with Crippen LogP contribution in [0.5, 0.6) is 0 Å². The molecule has 1 aromatic carbocycles. The molecule has 0 bridgehead atoms. The highest BCUT2D eigenvalue weighted by Gasteiger charge is 2.21. The smallest absolute Gasteiger partial charge is 0.132 e. The van der Waals surface area contributed by atoms with Crippen molar-refractivity contribution in [2.75, 3.05) is 18.8 Å². The van der Waals surface area contributed by atoms with Gasteiger partial charge in [0.15, 0.2) is 0 Å². The standard InChI is InChI=1S/C22H21ClN6/c23-19-3-1-2-14-9-20(26-11-17(14)19)16-8-15(10-27-22(16)24)18-12-28-29-21(18)13-4-6-25-7-5-13/h1-3,8-13,25H,4-7H2,(H2,24,27)(H,28,29). The fraction of sp³-hybridized carbons (Fsp3) is 0.227. The van der Waals surface area contributed by atoms with E-state index >= 15 is 0 Å².